The van der Waals surface area contributed by atoms with Crippen molar-refractivity contribution in [2.24, 2.45) is 0 Å². The van der Waals surface area contributed by atoms with Gasteiger partial charge in [0.05, 0.1) is 34.4 Å². The van der Waals surface area contributed by atoms with Gasteiger partial charge in [0.25, 0.3) is 11.1 Å². The molecule has 0 bridgehead atoms. The predicted octanol–water partition coefficient (Wildman–Crippen LogP) is 5.33. The Kier molecular flexibility index (Phi) is 7.59. The summed E-state index contributed by atoms with van der Waals surface area (Å²) in [5.41, 5.74) is -2.72. The maximum absolute atomic E-state index is 12.2. The Balaban J connectivity index is 1.70. The van der Waals surface area contributed by atoms with Crippen LogP contribution in [0.15, 0.2) is 96.1 Å². The number of nitro groups is 2. The Hall–Kier alpha value is -3.40. The number of rotatable bonds is 6. The number of halogens is 2. The lowest BCUT2D eigenvalue weighted by Gasteiger charge is -2.30. The van der Waals surface area contributed by atoms with E-state index in [0.717, 1.165) is 0 Å². The van der Waals surface area contributed by atoms with E-state index in [1.54, 1.807) is 48.5 Å². The molecule has 2 aromatic rings. The molecule has 37 heavy (non-hydrogen) atoms. The van der Waals surface area contributed by atoms with Gasteiger partial charge in [0.15, 0.2) is 0 Å². The molecule has 4 unspecified atom stereocenters. The van der Waals surface area contributed by atoms with Gasteiger partial charge < -0.3 is 4.74 Å². The second kappa shape index (κ2) is 10.5. The summed E-state index contributed by atoms with van der Waals surface area (Å²) in [5.74, 6) is 0. The Morgan fingerprint density at radius 3 is 1.46 bits per heavy atom. The van der Waals surface area contributed by atoms with Crippen LogP contribution in [0.3, 0.4) is 0 Å². The molecule has 0 heterocycles. The second-order valence-electron chi connectivity index (χ2n) is 8.24. The van der Waals surface area contributed by atoms with Gasteiger partial charge in [0.1, 0.15) is 12.2 Å². The highest BCUT2D eigenvalue weighted by atomic mass is 127. The highest BCUT2D eigenvalue weighted by molar-refractivity contribution is 14.1. The fourth-order valence-corrected chi connectivity index (χ4v) is 5.97. The third-order valence-corrected chi connectivity index (χ3v) is 8.06. The molecular formula is C26H16I2N4O5. The topological polar surface area (TPSA) is 143 Å². The molecule has 0 saturated heterocycles. The highest BCUT2D eigenvalue weighted by Crippen LogP contribution is 2.40. The minimum Gasteiger partial charge on any atom is -0.356 e. The molecule has 2 aliphatic carbocycles. The van der Waals surface area contributed by atoms with Crippen LogP contribution in [0.1, 0.15) is 11.1 Å². The molecule has 0 aliphatic heterocycles. The summed E-state index contributed by atoms with van der Waals surface area (Å²) in [6.07, 6.45) is 6.09. The molecule has 184 valence electrons. The predicted molar refractivity (Wildman–Crippen MR) is 150 cm³/mol. The first-order chi connectivity index (χ1) is 17.7. The van der Waals surface area contributed by atoms with Gasteiger partial charge in [-0.25, -0.2) is 0 Å². The van der Waals surface area contributed by atoms with E-state index < -0.39 is 33.1 Å². The van der Waals surface area contributed by atoms with Gasteiger partial charge in [0, 0.05) is 29.1 Å². The normalized spacial score (nSPS) is 26.4. The molecule has 0 amide bonds. The van der Waals surface area contributed by atoms with E-state index in [9.17, 15) is 30.8 Å². The van der Waals surface area contributed by atoms with E-state index in [2.05, 4.69) is 0 Å². The second-order valence-corrected chi connectivity index (χ2v) is 10.6. The van der Waals surface area contributed by atoms with Crippen LogP contribution >= 0.6 is 45.2 Å². The highest BCUT2D eigenvalue weighted by Gasteiger charge is 2.47. The zero-order valence-electron chi connectivity index (χ0n) is 18.8. The molecule has 0 saturated carbocycles. The van der Waals surface area contributed by atoms with Crippen molar-refractivity contribution in [3.63, 3.8) is 0 Å². The van der Waals surface area contributed by atoms with Gasteiger partial charge in [-0.2, -0.15) is 10.5 Å². The SMILES string of the molecule is N#CC1=CC(c2ccccc2I)([N+](=O)[O-])C=CC1OC1C=CC(c2ccccc2I)([N+](=O)[O-])C=C1C#N. The first-order valence-electron chi connectivity index (χ1n) is 10.8. The third-order valence-electron chi connectivity index (χ3n) is 6.18. The van der Waals surface area contributed by atoms with Crippen LogP contribution in [-0.2, 0) is 15.8 Å². The molecule has 11 heteroatoms. The van der Waals surface area contributed by atoms with Crippen molar-refractivity contribution < 1.29 is 14.6 Å². The molecule has 2 aliphatic rings. The maximum atomic E-state index is 12.2. The summed E-state index contributed by atoms with van der Waals surface area (Å²) in [7, 11) is 0. The van der Waals surface area contributed by atoms with Crippen LogP contribution in [0.5, 0.6) is 0 Å². The maximum Gasteiger partial charge on any atom is 0.286 e. The van der Waals surface area contributed by atoms with Crippen molar-refractivity contribution in [1.82, 2.24) is 0 Å². The van der Waals surface area contributed by atoms with E-state index in [0.29, 0.717) is 18.3 Å². The molecule has 0 N–H and O–H groups in total. The lowest BCUT2D eigenvalue weighted by atomic mass is 9.82. The number of benzene rings is 2. The zero-order valence-corrected chi connectivity index (χ0v) is 23.1. The van der Waals surface area contributed by atoms with Gasteiger partial charge in [-0.05, 0) is 81.6 Å². The first kappa shape index (κ1) is 26.7. The van der Waals surface area contributed by atoms with E-state index in [1.165, 1.54) is 36.5 Å². The van der Waals surface area contributed by atoms with Crippen LogP contribution in [-0.4, -0.2) is 22.1 Å². The molecule has 9 nitrogen and oxygen atoms in total. The molecular weight excluding hydrogens is 702 g/mol. The van der Waals surface area contributed by atoms with Crippen molar-refractivity contribution in [2.75, 3.05) is 0 Å². The average Bonchev–Trinajstić information content (AvgIpc) is 2.89. The number of ether oxygens (including phenoxy) is 1. The molecule has 0 spiro atoms. The fourth-order valence-electron chi connectivity index (χ4n) is 4.33. The smallest absolute Gasteiger partial charge is 0.286 e. The summed E-state index contributed by atoms with van der Waals surface area (Å²) in [4.78, 5) is 23.5. The van der Waals surface area contributed by atoms with E-state index in [1.807, 2.05) is 57.3 Å². The summed E-state index contributed by atoms with van der Waals surface area (Å²) >= 11 is 4.02. The molecule has 4 atom stereocenters. The molecule has 0 fully saturated rings. The Labute approximate surface area is 239 Å². The van der Waals surface area contributed by atoms with Crippen LogP contribution in [0.4, 0.5) is 0 Å². The van der Waals surface area contributed by atoms with Crippen molar-refractivity contribution >= 4 is 45.2 Å². The van der Waals surface area contributed by atoms with Crippen molar-refractivity contribution in [3.8, 4) is 12.1 Å². The van der Waals surface area contributed by atoms with Crippen molar-refractivity contribution in [2.45, 2.75) is 23.3 Å². The van der Waals surface area contributed by atoms with Gasteiger partial charge in [-0.3, -0.25) is 20.2 Å². The van der Waals surface area contributed by atoms with Gasteiger partial charge in [-0.15, -0.1) is 0 Å². The van der Waals surface area contributed by atoms with Gasteiger partial charge >= 0.3 is 0 Å². The summed E-state index contributed by atoms with van der Waals surface area (Å²) in [6, 6.07) is 17.6. The first-order valence-corrected chi connectivity index (χ1v) is 12.9. The molecule has 0 radical (unpaired) electrons. The van der Waals surface area contributed by atoms with Crippen LogP contribution < -0.4 is 0 Å². The van der Waals surface area contributed by atoms with Gasteiger partial charge in [0.2, 0.25) is 0 Å². The van der Waals surface area contributed by atoms with Crippen LogP contribution in [0.25, 0.3) is 0 Å². The summed E-state index contributed by atoms with van der Waals surface area (Å²) in [5, 5.41) is 44.1. The number of nitriles is 2. The van der Waals surface area contributed by atoms with Gasteiger partial charge in [-0.1, -0.05) is 36.4 Å². The number of hydrogen-bond donors (Lipinski definition) is 0. The third kappa shape index (κ3) is 4.70. The van der Waals surface area contributed by atoms with E-state index in [-0.39, 0.29) is 11.1 Å². The van der Waals surface area contributed by atoms with Crippen LogP contribution in [0.2, 0.25) is 0 Å². The lowest BCUT2D eigenvalue weighted by Crippen LogP contribution is -2.39. The standard InChI is InChI=1S/C26H16I2N4O5/c27-21-7-3-1-5-19(21)25(31(33)34)11-9-23(17(13-25)15-29)37-24-10-12-26(32(35)36,14-18(24)16-30)20-6-2-4-8-22(20)28/h1-14,23-24H. The lowest BCUT2D eigenvalue weighted by molar-refractivity contribution is -0.549. The largest absolute Gasteiger partial charge is 0.356 e. The minimum absolute atomic E-state index is 0.00624. The molecule has 2 aromatic carbocycles. The van der Waals surface area contributed by atoms with E-state index in [4.69, 9.17) is 4.74 Å². The fraction of sp³-hybridized carbons (Fsp3) is 0.154. The van der Waals surface area contributed by atoms with E-state index >= 15 is 0 Å². The molecule has 4 rings (SSSR count). The Bertz CT molecular complexity index is 1390. The zero-order chi connectivity index (χ0) is 26.8. The Morgan fingerprint density at radius 1 is 0.757 bits per heavy atom. The molecule has 0 aromatic heterocycles. The summed E-state index contributed by atoms with van der Waals surface area (Å²) < 4.78 is 7.33. The van der Waals surface area contributed by atoms with Crippen molar-refractivity contribution in [3.05, 3.63) is 135 Å². The van der Waals surface area contributed by atoms with Crippen LogP contribution in [0, 0.1) is 50.0 Å². The van der Waals surface area contributed by atoms with Crippen molar-refractivity contribution in [1.29, 1.82) is 10.5 Å². The minimum atomic E-state index is -1.76. The number of nitrogens with zero attached hydrogens (tertiary/aromatic N) is 4. The number of hydrogen-bond acceptors (Lipinski definition) is 7. The quantitative estimate of drug-likeness (QED) is 0.170. The summed E-state index contributed by atoms with van der Waals surface area (Å²) in [6.45, 7) is 0. The average molecular weight is 718 g/mol. The Morgan fingerprint density at radius 2 is 1.14 bits per heavy atom. The monoisotopic (exact) mass is 718 g/mol.